The van der Waals surface area contributed by atoms with Crippen molar-refractivity contribution in [2.24, 2.45) is 22.4 Å². The molecule has 1 unspecified atom stereocenters. The summed E-state index contributed by atoms with van der Waals surface area (Å²) in [6, 6.07) is 9.53. The average molecular weight is 737 g/mol. The number of likely N-dealkylation sites (tertiary alicyclic amines) is 1. The summed E-state index contributed by atoms with van der Waals surface area (Å²) in [5, 5.41) is 7.06. The molecule has 5 atom stereocenters. The smallest absolute Gasteiger partial charge is 0.388 e. The normalized spacial score (nSPS) is 17.7. The number of carbonyl (C=O) groups excluding carboxylic acids is 5. The second kappa shape index (κ2) is 18.9. The Morgan fingerprint density at radius 3 is 2.42 bits per heavy atom. The summed E-state index contributed by atoms with van der Waals surface area (Å²) in [6.07, 6.45) is 0.374. The minimum absolute atomic E-state index is 0.0831. The number of nitrogens with one attached hydrogen (secondary N) is 2. The van der Waals surface area contributed by atoms with E-state index in [9.17, 15) is 38.3 Å². The Labute approximate surface area is 295 Å². The number of phosphoric ester groups is 1. The summed E-state index contributed by atoms with van der Waals surface area (Å²) in [4.78, 5) is 90.3. The molecular weight excluding hydrogens is 691 g/mol. The van der Waals surface area contributed by atoms with Gasteiger partial charge in [0, 0.05) is 25.4 Å². The molecule has 17 heteroatoms. The fourth-order valence-electron chi connectivity index (χ4n) is 5.95. The third-order valence-electron chi connectivity index (χ3n) is 8.45. The third-order valence-corrected chi connectivity index (χ3v) is 9.30. The summed E-state index contributed by atoms with van der Waals surface area (Å²) in [6.45, 7) is 3.28. The Morgan fingerprint density at radius 1 is 1.08 bits per heavy atom. The highest BCUT2D eigenvalue weighted by Gasteiger charge is 2.41. The molecule has 4 amide bonds. The van der Waals surface area contributed by atoms with Gasteiger partial charge in [0.1, 0.15) is 18.0 Å². The first-order valence-corrected chi connectivity index (χ1v) is 18.4. The number of hydrogen-bond donors (Lipinski definition) is 6. The summed E-state index contributed by atoms with van der Waals surface area (Å²) in [5.74, 6) is -4.32. The number of nitrogens with zero attached hydrogens (tertiary/aromatic N) is 2. The number of primary amides is 1. The molecule has 50 heavy (non-hydrogen) atoms. The molecule has 0 aliphatic carbocycles. The highest BCUT2D eigenvalue weighted by Crippen LogP contribution is 2.38. The van der Waals surface area contributed by atoms with Crippen LogP contribution in [0.2, 0.25) is 0 Å². The molecule has 0 aromatic heterocycles. The number of ketones is 1. The molecule has 2 aromatic carbocycles. The number of amides is 4. The van der Waals surface area contributed by atoms with Crippen molar-refractivity contribution in [3.05, 3.63) is 48.0 Å². The lowest BCUT2D eigenvalue weighted by Gasteiger charge is -2.38. The van der Waals surface area contributed by atoms with Crippen LogP contribution in [0.3, 0.4) is 0 Å². The Morgan fingerprint density at radius 2 is 1.78 bits per heavy atom. The maximum Gasteiger partial charge on any atom is 0.469 e. The van der Waals surface area contributed by atoms with E-state index in [2.05, 4.69) is 15.6 Å². The van der Waals surface area contributed by atoms with Gasteiger partial charge in [0.15, 0.2) is 5.78 Å². The first-order valence-electron chi connectivity index (χ1n) is 16.4. The Hall–Kier alpha value is -3.88. The van der Waals surface area contributed by atoms with Crippen molar-refractivity contribution in [2.75, 3.05) is 19.0 Å². The molecule has 1 fully saturated rings. The van der Waals surface area contributed by atoms with Gasteiger partial charge in [-0.05, 0) is 68.7 Å². The molecule has 3 rings (SSSR count). The molecule has 0 bridgehead atoms. The van der Waals surface area contributed by atoms with Crippen LogP contribution in [0.25, 0.3) is 10.8 Å². The molecule has 0 saturated carbocycles. The average Bonchev–Trinajstić information content (AvgIpc) is 3.06. The van der Waals surface area contributed by atoms with Crippen molar-refractivity contribution >= 4 is 65.4 Å². The topological polar surface area (TPSA) is 244 Å². The van der Waals surface area contributed by atoms with Crippen LogP contribution in [0.1, 0.15) is 57.9 Å². The summed E-state index contributed by atoms with van der Waals surface area (Å²) < 4.78 is 16.3. The molecule has 1 aliphatic heterocycles. The van der Waals surface area contributed by atoms with Gasteiger partial charge in [-0.25, -0.2) is 4.57 Å². The Balaban J connectivity index is 1.90. The van der Waals surface area contributed by atoms with E-state index in [4.69, 9.17) is 27.6 Å². The van der Waals surface area contributed by atoms with E-state index in [1.54, 1.807) is 6.92 Å². The predicted octanol–water partition coefficient (Wildman–Crippen LogP) is 1.69. The number of alkyl halides is 1. The van der Waals surface area contributed by atoms with Gasteiger partial charge in [-0.2, -0.15) is 0 Å². The van der Waals surface area contributed by atoms with Crippen LogP contribution in [0.5, 0.6) is 0 Å². The van der Waals surface area contributed by atoms with Gasteiger partial charge < -0.3 is 36.8 Å². The van der Waals surface area contributed by atoms with E-state index in [1.165, 1.54) is 11.8 Å². The number of nitrogens with two attached hydrogens (primary N) is 2. The molecule has 0 spiro atoms. The van der Waals surface area contributed by atoms with E-state index in [1.807, 2.05) is 42.5 Å². The van der Waals surface area contributed by atoms with Gasteiger partial charge in [-0.3, -0.25) is 33.5 Å². The Kier molecular flexibility index (Phi) is 15.3. The zero-order valence-corrected chi connectivity index (χ0v) is 29.8. The highest BCUT2D eigenvalue weighted by molar-refractivity contribution is 7.46. The number of fused-ring (bicyclic) bond motifs is 1. The van der Waals surface area contributed by atoms with Crippen LogP contribution in [-0.2, 0) is 39.5 Å². The minimum atomic E-state index is -5.07. The van der Waals surface area contributed by atoms with Crippen LogP contribution in [0.4, 0.5) is 0 Å². The lowest BCUT2D eigenvalue weighted by Crippen LogP contribution is -2.61. The van der Waals surface area contributed by atoms with E-state index >= 15 is 0 Å². The van der Waals surface area contributed by atoms with E-state index in [0.29, 0.717) is 31.6 Å². The van der Waals surface area contributed by atoms with Crippen molar-refractivity contribution in [2.45, 2.75) is 83.0 Å². The molecule has 1 aliphatic rings. The number of benzene rings is 2. The molecule has 8 N–H and O–H groups in total. The lowest BCUT2D eigenvalue weighted by molar-refractivity contribution is -0.147. The van der Waals surface area contributed by atoms with Crippen LogP contribution < -0.4 is 22.1 Å². The number of phosphoric acid groups is 1. The molecule has 274 valence electrons. The quantitative estimate of drug-likeness (QED) is 0.0425. The molecule has 2 aromatic rings. The number of aliphatic imine (C=N–C) groups is 1. The first-order chi connectivity index (χ1) is 23.6. The van der Waals surface area contributed by atoms with Gasteiger partial charge >= 0.3 is 7.82 Å². The van der Waals surface area contributed by atoms with Crippen molar-refractivity contribution in [3.63, 3.8) is 0 Å². The van der Waals surface area contributed by atoms with Crippen molar-refractivity contribution in [1.29, 1.82) is 0 Å². The first kappa shape index (κ1) is 40.5. The zero-order chi connectivity index (χ0) is 37.0. The number of rotatable bonds is 18. The molecule has 1 heterocycles. The van der Waals surface area contributed by atoms with Crippen LogP contribution in [-0.4, -0.2) is 93.1 Å². The number of amidine groups is 1. The predicted molar refractivity (Wildman–Crippen MR) is 188 cm³/mol. The van der Waals surface area contributed by atoms with E-state index in [-0.39, 0.29) is 32.2 Å². The van der Waals surface area contributed by atoms with Crippen LogP contribution in [0, 0.1) is 5.92 Å². The summed E-state index contributed by atoms with van der Waals surface area (Å²) in [7, 11) is -5.07. The molecule has 15 nitrogen and oxygen atoms in total. The highest BCUT2D eigenvalue weighted by atomic mass is 35.5. The second-order valence-corrected chi connectivity index (χ2v) is 13.9. The maximum atomic E-state index is 14.0. The fraction of sp³-hybridized carbons (Fsp3) is 0.515. The summed E-state index contributed by atoms with van der Waals surface area (Å²) >= 11 is 5.63. The zero-order valence-electron chi connectivity index (χ0n) is 28.1. The SMILES string of the molecule is CC(N)=NCCC[C@H](CC(=O)[C@H](Cc1ccc2ccccc2c1)NC(=O)[C@@H]1CCCCN1C(=O)[C@@H](NC(=O)CCl)C(C)OP(=O)(O)O)C(N)=O. The summed E-state index contributed by atoms with van der Waals surface area (Å²) in [5.41, 5.74) is 12.0. The number of Topliss-reactive ketones (excluding diaryl/α,β-unsaturated/α-hetero) is 1. The van der Waals surface area contributed by atoms with Crippen LogP contribution >= 0.6 is 19.4 Å². The molecule has 0 radical (unpaired) electrons. The fourth-order valence-corrected chi connectivity index (χ4v) is 6.59. The van der Waals surface area contributed by atoms with E-state index < -0.39 is 73.3 Å². The monoisotopic (exact) mass is 736 g/mol. The second-order valence-electron chi connectivity index (χ2n) is 12.4. The maximum absolute atomic E-state index is 14.0. The van der Waals surface area contributed by atoms with Crippen molar-refractivity contribution in [3.8, 4) is 0 Å². The minimum Gasteiger partial charge on any atom is -0.388 e. The van der Waals surface area contributed by atoms with Crippen molar-refractivity contribution < 1.29 is 42.8 Å². The Bertz CT molecular complexity index is 1610. The van der Waals surface area contributed by atoms with Crippen LogP contribution in [0.15, 0.2) is 47.5 Å². The van der Waals surface area contributed by atoms with Gasteiger partial charge in [-0.15, -0.1) is 11.6 Å². The standard InChI is InChI=1S/C33H46ClN6O9P/c1-20(49-50(46,47)48)30(39-29(42)19-34)33(45)40-15-6-5-11-27(40)32(44)38-26(17-22-12-13-23-8-3-4-9-24(23)16-22)28(41)18-25(31(36)43)10-7-14-37-21(2)35/h3-4,8-9,12-13,16,20,25-27,30H,5-7,10-11,14-15,17-19H2,1-2H3,(H2,35,37)(H2,36,43)(H,38,44)(H,39,42)(H2,46,47,48)/t20?,25-,26+,27+,30+/m1/s1. The van der Waals surface area contributed by atoms with Crippen molar-refractivity contribution in [1.82, 2.24) is 15.5 Å². The lowest BCUT2D eigenvalue weighted by atomic mass is 9.90. The molecular formula is C33H46ClN6O9P. The number of carbonyl (C=O) groups is 5. The van der Waals surface area contributed by atoms with Gasteiger partial charge in [-0.1, -0.05) is 42.5 Å². The number of hydrogen-bond acceptors (Lipinski definition) is 8. The van der Waals surface area contributed by atoms with Gasteiger partial charge in [0.05, 0.1) is 18.0 Å². The molecule has 1 saturated heterocycles. The third kappa shape index (κ3) is 12.5. The van der Waals surface area contributed by atoms with Gasteiger partial charge in [0.25, 0.3) is 0 Å². The largest absolute Gasteiger partial charge is 0.469 e. The van der Waals surface area contributed by atoms with Gasteiger partial charge in [0.2, 0.25) is 23.6 Å². The number of halogens is 1. The number of piperidine rings is 1. The van der Waals surface area contributed by atoms with E-state index in [0.717, 1.165) is 16.3 Å².